The van der Waals surface area contributed by atoms with E-state index in [1.165, 1.54) is 24.0 Å². The van der Waals surface area contributed by atoms with Crippen LogP contribution in [0.5, 0.6) is 5.75 Å². The molecule has 0 saturated heterocycles. The van der Waals surface area contributed by atoms with Gasteiger partial charge in [0.25, 0.3) is 5.91 Å². The minimum atomic E-state index is -1.31. The molecule has 2 aromatic rings. The highest BCUT2D eigenvalue weighted by Gasteiger charge is 2.21. The summed E-state index contributed by atoms with van der Waals surface area (Å²) in [6.45, 7) is 0. The Hall–Kier alpha value is -3.36. The molecule has 0 aliphatic heterocycles. The van der Waals surface area contributed by atoms with Gasteiger partial charge in [-0.15, -0.1) is 0 Å². The van der Waals surface area contributed by atoms with Crippen LogP contribution in [-0.4, -0.2) is 42.9 Å². The van der Waals surface area contributed by atoms with Gasteiger partial charge in [-0.2, -0.15) is 5.10 Å². The predicted molar refractivity (Wildman–Crippen MR) is 73.2 cm³/mol. The number of hydrogen-bond acceptors (Lipinski definition) is 5. The number of carbonyl (C=O) groups is 3. The smallest absolute Gasteiger partial charge is 0.339 e. The van der Waals surface area contributed by atoms with E-state index in [2.05, 4.69) is 10.4 Å². The quantitative estimate of drug-likeness (QED) is 0.653. The molecule has 114 valence electrons. The summed E-state index contributed by atoms with van der Waals surface area (Å²) in [7, 11) is 1.47. The van der Waals surface area contributed by atoms with Crippen molar-refractivity contribution in [3.05, 3.63) is 41.2 Å². The first kappa shape index (κ1) is 15.0. The van der Waals surface area contributed by atoms with Gasteiger partial charge in [-0.25, -0.2) is 9.59 Å². The Morgan fingerprint density at radius 1 is 1.14 bits per heavy atom. The van der Waals surface area contributed by atoms with E-state index in [4.69, 9.17) is 10.2 Å². The highest BCUT2D eigenvalue weighted by atomic mass is 16.4. The maximum absolute atomic E-state index is 12.0. The van der Waals surface area contributed by atoms with E-state index < -0.39 is 23.6 Å². The maximum atomic E-state index is 12.0. The Kier molecular flexibility index (Phi) is 3.80. The van der Waals surface area contributed by atoms with Gasteiger partial charge in [-0.05, 0) is 12.1 Å². The lowest BCUT2D eigenvalue weighted by molar-refractivity contribution is 0.0683. The molecule has 0 bridgehead atoms. The van der Waals surface area contributed by atoms with Gasteiger partial charge in [0.2, 0.25) is 0 Å². The van der Waals surface area contributed by atoms with Crippen molar-refractivity contribution in [2.75, 3.05) is 5.32 Å². The highest BCUT2D eigenvalue weighted by molar-refractivity contribution is 6.09. The van der Waals surface area contributed by atoms with Crippen molar-refractivity contribution in [2.45, 2.75) is 0 Å². The molecule has 0 aliphatic rings. The molecule has 1 amide bonds. The van der Waals surface area contributed by atoms with Crippen molar-refractivity contribution in [2.24, 2.45) is 7.05 Å². The van der Waals surface area contributed by atoms with Crippen molar-refractivity contribution < 1.29 is 29.7 Å². The second-order valence-electron chi connectivity index (χ2n) is 4.36. The number of anilines is 1. The molecule has 2 rings (SSSR count). The minimum absolute atomic E-state index is 0.106. The van der Waals surface area contributed by atoms with Crippen LogP contribution in [0.15, 0.2) is 24.4 Å². The number of aromatic carboxylic acids is 2. The van der Waals surface area contributed by atoms with E-state index in [9.17, 15) is 19.5 Å². The molecule has 1 aromatic heterocycles. The fraction of sp³-hybridized carbons (Fsp3) is 0.0769. The lowest BCUT2D eigenvalue weighted by Crippen LogP contribution is -2.16. The molecule has 0 spiro atoms. The molecule has 0 unspecified atom stereocenters. The van der Waals surface area contributed by atoms with Crippen molar-refractivity contribution in [1.82, 2.24) is 9.78 Å². The summed E-state index contributed by atoms with van der Waals surface area (Å²) in [6.07, 6.45) is 1.18. The minimum Gasteiger partial charge on any atom is -0.507 e. The van der Waals surface area contributed by atoms with E-state index in [1.807, 2.05) is 0 Å². The number of amides is 1. The third-order valence-electron chi connectivity index (χ3n) is 2.76. The Bertz CT molecular complexity index is 780. The van der Waals surface area contributed by atoms with Crippen molar-refractivity contribution in [3.63, 3.8) is 0 Å². The van der Waals surface area contributed by atoms with Crippen LogP contribution >= 0.6 is 0 Å². The average Bonchev–Trinajstić information content (AvgIpc) is 2.81. The molecule has 0 aliphatic carbocycles. The summed E-state index contributed by atoms with van der Waals surface area (Å²) >= 11 is 0. The number of aromatic nitrogens is 2. The number of aryl methyl sites for hydroxylation is 1. The molecule has 0 atom stereocenters. The molecule has 9 heteroatoms. The molecule has 1 heterocycles. The zero-order valence-electron chi connectivity index (χ0n) is 11.3. The Balaban J connectivity index is 2.28. The van der Waals surface area contributed by atoms with Crippen LogP contribution in [0.4, 0.5) is 5.69 Å². The normalized spacial score (nSPS) is 10.2. The number of hydrogen-bond donors (Lipinski definition) is 4. The SMILES string of the molecule is Cn1cc(C(=O)O)c(C(=O)Nc2ccc(C(=O)O)c(O)c2)n1. The second kappa shape index (κ2) is 5.56. The lowest BCUT2D eigenvalue weighted by atomic mass is 10.1. The first-order valence-electron chi connectivity index (χ1n) is 5.94. The largest absolute Gasteiger partial charge is 0.507 e. The third-order valence-corrected chi connectivity index (χ3v) is 2.76. The lowest BCUT2D eigenvalue weighted by Gasteiger charge is -2.06. The van der Waals surface area contributed by atoms with Gasteiger partial charge in [-0.3, -0.25) is 9.48 Å². The molecule has 4 N–H and O–H groups in total. The first-order chi connectivity index (χ1) is 10.3. The number of phenols is 1. The van der Waals surface area contributed by atoms with Gasteiger partial charge in [-0.1, -0.05) is 0 Å². The van der Waals surface area contributed by atoms with Gasteiger partial charge >= 0.3 is 11.9 Å². The Labute approximate surface area is 123 Å². The van der Waals surface area contributed by atoms with Gasteiger partial charge in [0, 0.05) is 25.0 Å². The van der Waals surface area contributed by atoms with Crippen molar-refractivity contribution >= 4 is 23.5 Å². The average molecular weight is 305 g/mol. The van der Waals surface area contributed by atoms with E-state index in [0.29, 0.717) is 0 Å². The Morgan fingerprint density at radius 2 is 1.77 bits per heavy atom. The summed E-state index contributed by atoms with van der Waals surface area (Å²) in [5, 5.41) is 33.4. The van der Waals surface area contributed by atoms with Gasteiger partial charge < -0.3 is 20.6 Å². The summed E-state index contributed by atoms with van der Waals surface area (Å²) in [6, 6.07) is 3.43. The van der Waals surface area contributed by atoms with Crippen LogP contribution < -0.4 is 5.32 Å². The molecular formula is C13H11N3O6. The number of carboxylic acids is 2. The molecule has 0 saturated carbocycles. The zero-order chi connectivity index (χ0) is 16.4. The predicted octanol–water partition coefficient (Wildman–Crippen LogP) is 0.774. The van der Waals surface area contributed by atoms with Gasteiger partial charge in [0.15, 0.2) is 5.69 Å². The number of aromatic hydroxyl groups is 1. The third kappa shape index (κ3) is 2.87. The summed E-state index contributed by atoms with van der Waals surface area (Å²) < 4.78 is 1.18. The molecule has 9 nitrogen and oxygen atoms in total. The molecular weight excluding hydrogens is 294 g/mol. The van der Waals surface area contributed by atoms with Gasteiger partial charge in [0.1, 0.15) is 16.9 Å². The van der Waals surface area contributed by atoms with E-state index in [1.54, 1.807) is 0 Å². The van der Waals surface area contributed by atoms with Crippen molar-refractivity contribution in [1.29, 1.82) is 0 Å². The van der Waals surface area contributed by atoms with E-state index in [-0.39, 0.29) is 22.5 Å². The monoisotopic (exact) mass is 305 g/mol. The number of nitrogens with zero attached hydrogens (tertiary/aromatic N) is 2. The van der Waals surface area contributed by atoms with Crippen LogP contribution in [0.2, 0.25) is 0 Å². The number of nitrogens with one attached hydrogen (secondary N) is 1. The second-order valence-corrected chi connectivity index (χ2v) is 4.36. The molecule has 0 fully saturated rings. The number of benzene rings is 1. The van der Waals surface area contributed by atoms with Crippen LogP contribution in [0.25, 0.3) is 0 Å². The van der Waals surface area contributed by atoms with Crippen LogP contribution in [0, 0.1) is 0 Å². The van der Waals surface area contributed by atoms with Crippen molar-refractivity contribution in [3.8, 4) is 5.75 Å². The summed E-state index contributed by atoms with van der Waals surface area (Å²) in [4.78, 5) is 33.8. The first-order valence-corrected chi connectivity index (χ1v) is 5.94. The van der Waals surface area contributed by atoms with Crippen LogP contribution in [-0.2, 0) is 7.05 Å². The molecule has 1 aromatic carbocycles. The Morgan fingerprint density at radius 3 is 2.32 bits per heavy atom. The zero-order valence-corrected chi connectivity index (χ0v) is 11.3. The number of carboxylic acid groups (broad SMARTS) is 2. The standard InChI is InChI=1S/C13H11N3O6/c1-16-5-8(13(21)22)10(15-16)11(18)14-6-2-3-7(12(19)20)9(17)4-6/h2-5,17H,1H3,(H,14,18)(H,19,20)(H,21,22). The highest BCUT2D eigenvalue weighted by Crippen LogP contribution is 2.22. The topological polar surface area (TPSA) is 142 Å². The van der Waals surface area contributed by atoms with Crippen LogP contribution in [0.1, 0.15) is 31.2 Å². The van der Waals surface area contributed by atoms with E-state index in [0.717, 1.165) is 12.1 Å². The number of rotatable bonds is 4. The summed E-state index contributed by atoms with van der Waals surface area (Å²) in [5.74, 6) is -3.93. The fourth-order valence-electron chi connectivity index (χ4n) is 1.79. The van der Waals surface area contributed by atoms with Gasteiger partial charge in [0.05, 0.1) is 0 Å². The maximum Gasteiger partial charge on any atom is 0.339 e. The van der Waals surface area contributed by atoms with Crippen LogP contribution in [0.3, 0.4) is 0 Å². The molecule has 0 radical (unpaired) electrons. The number of carbonyl (C=O) groups excluding carboxylic acids is 1. The summed E-state index contributed by atoms with van der Waals surface area (Å²) in [5.41, 5.74) is -0.778. The van der Waals surface area contributed by atoms with E-state index >= 15 is 0 Å². The molecule has 22 heavy (non-hydrogen) atoms. The fourth-order valence-corrected chi connectivity index (χ4v) is 1.79.